The van der Waals surface area contributed by atoms with Gasteiger partial charge in [-0.25, -0.2) is 0 Å². The number of aliphatic hydroxyl groups excluding tert-OH is 3. The molecular formula is C7H18O3. The molecule has 0 bridgehead atoms. The van der Waals surface area contributed by atoms with Gasteiger partial charge in [-0.3, -0.25) is 0 Å². The zero-order valence-corrected chi connectivity index (χ0v) is 6.75. The zero-order valence-electron chi connectivity index (χ0n) is 6.75. The maximum absolute atomic E-state index is 8.17. The van der Waals surface area contributed by atoms with Crippen LogP contribution in [0.25, 0.3) is 0 Å². The molecule has 3 N–H and O–H groups in total. The summed E-state index contributed by atoms with van der Waals surface area (Å²) in [4.78, 5) is 0. The Morgan fingerprint density at radius 3 is 1.30 bits per heavy atom. The van der Waals surface area contributed by atoms with Gasteiger partial charge in [-0.2, -0.15) is 0 Å². The fourth-order valence-corrected chi connectivity index (χ4v) is 0.0577. The predicted molar refractivity (Wildman–Crippen MR) is 40.8 cm³/mol. The number of rotatable bonds is 3. The van der Waals surface area contributed by atoms with Gasteiger partial charge in [0.25, 0.3) is 0 Å². The summed E-state index contributed by atoms with van der Waals surface area (Å²) in [5, 5.41) is 24.0. The molecule has 3 nitrogen and oxygen atoms in total. The Kier molecular flexibility index (Phi) is 14.6. The Morgan fingerprint density at radius 1 is 1.00 bits per heavy atom. The third kappa shape index (κ3) is 15.7. The lowest BCUT2D eigenvalue weighted by molar-refractivity contribution is 0.0450. The molecule has 0 heterocycles. The smallest absolute Gasteiger partial charge is 0.100 e. The maximum Gasteiger partial charge on any atom is 0.100 e. The van der Waals surface area contributed by atoms with E-state index in [0.717, 1.165) is 0 Å². The second-order valence-electron chi connectivity index (χ2n) is 2.02. The fourth-order valence-electron chi connectivity index (χ4n) is 0.0577. The van der Waals surface area contributed by atoms with E-state index in [1.807, 2.05) is 0 Å². The van der Waals surface area contributed by atoms with E-state index in [1.165, 1.54) is 12.8 Å². The monoisotopic (exact) mass is 150 g/mol. The van der Waals surface area contributed by atoms with Crippen LogP contribution in [0.2, 0.25) is 0 Å². The second-order valence-corrected chi connectivity index (χ2v) is 2.02. The highest BCUT2D eigenvalue weighted by atomic mass is 16.3. The van der Waals surface area contributed by atoms with Crippen LogP contribution in [0.4, 0.5) is 0 Å². The van der Waals surface area contributed by atoms with Crippen molar-refractivity contribution in [2.45, 2.75) is 32.8 Å². The topological polar surface area (TPSA) is 60.7 Å². The summed E-state index contributed by atoms with van der Waals surface area (Å²) in [6, 6.07) is 0. The Bertz CT molecular complexity index is 42.1. The van der Waals surface area contributed by atoms with E-state index in [1.54, 1.807) is 0 Å². The maximum atomic E-state index is 8.17. The van der Waals surface area contributed by atoms with E-state index in [-0.39, 0.29) is 13.2 Å². The number of hydrogen-bond donors (Lipinski definition) is 3. The van der Waals surface area contributed by atoms with Gasteiger partial charge in [0.2, 0.25) is 0 Å². The first-order valence-electron chi connectivity index (χ1n) is 3.62. The van der Waals surface area contributed by atoms with Crippen LogP contribution in [0.1, 0.15) is 26.7 Å². The molecule has 0 aliphatic carbocycles. The van der Waals surface area contributed by atoms with Crippen LogP contribution in [0.15, 0.2) is 0 Å². The lowest BCUT2D eigenvalue weighted by Crippen LogP contribution is -2.15. The van der Waals surface area contributed by atoms with Crippen molar-refractivity contribution in [2.75, 3.05) is 13.2 Å². The van der Waals surface area contributed by atoms with Gasteiger partial charge in [0.05, 0.1) is 13.2 Å². The van der Waals surface area contributed by atoms with E-state index < -0.39 is 6.10 Å². The van der Waals surface area contributed by atoms with E-state index in [0.29, 0.717) is 0 Å². The van der Waals surface area contributed by atoms with Crippen LogP contribution < -0.4 is 0 Å². The molecule has 0 radical (unpaired) electrons. The first-order valence-corrected chi connectivity index (χ1v) is 3.62. The van der Waals surface area contributed by atoms with Crippen LogP contribution in [0.3, 0.4) is 0 Å². The molecule has 0 aromatic rings. The molecule has 0 aliphatic rings. The minimum Gasteiger partial charge on any atom is -0.394 e. The highest BCUT2D eigenvalue weighted by molar-refractivity contribution is 4.43. The van der Waals surface area contributed by atoms with Crippen molar-refractivity contribution in [3.63, 3.8) is 0 Å². The summed E-state index contributed by atoms with van der Waals surface area (Å²) in [6.45, 7) is 3.63. The molecule has 0 aliphatic heterocycles. The van der Waals surface area contributed by atoms with E-state index >= 15 is 0 Å². The van der Waals surface area contributed by atoms with E-state index in [4.69, 9.17) is 15.3 Å². The summed E-state index contributed by atoms with van der Waals surface area (Å²) in [5.74, 6) is 0. The molecule has 0 aromatic heterocycles. The second kappa shape index (κ2) is 11.6. The van der Waals surface area contributed by atoms with Crippen molar-refractivity contribution in [3.05, 3.63) is 0 Å². The first kappa shape index (κ1) is 12.5. The molecule has 10 heavy (non-hydrogen) atoms. The zero-order chi connectivity index (χ0) is 8.41. The fraction of sp³-hybridized carbons (Fsp3) is 1.00. The van der Waals surface area contributed by atoms with Crippen molar-refractivity contribution in [3.8, 4) is 0 Å². The Morgan fingerprint density at radius 2 is 1.30 bits per heavy atom. The summed E-state index contributed by atoms with van der Waals surface area (Å²) in [7, 11) is 0. The molecule has 0 atom stereocenters. The summed E-state index contributed by atoms with van der Waals surface area (Å²) < 4.78 is 0. The van der Waals surface area contributed by atoms with Gasteiger partial charge in [-0.1, -0.05) is 26.7 Å². The molecule has 0 amide bonds. The van der Waals surface area contributed by atoms with Gasteiger partial charge < -0.3 is 15.3 Å². The Balaban J connectivity index is 0. The van der Waals surface area contributed by atoms with Crippen LogP contribution in [-0.4, -0.2) is 34.6 Å². The SMILES string of the molecule is CCCC.OCC(O)CO. The molecule has 0 unspecified atom stereocenters. The summed E-state index contributed by atoms with van der Waals surface area (Å²) >= 11 is 0. The van der Waals surface area contributed by atoms with Gasteiger partial charge in [-0.05, 0) is 0 Å². The molecule has 0 rings (SSSR count). The molecular weight excluding hydrogens is 132 g/mol. The van der Waals surface area contributed by atoms with Crippen molar-refractivity contribution in [1.29, 1.82) is 0 Å². The summed E-state index contributed by atoms with van der Waals surface area (Å²) in [6.07, 6.45) is 1.69. The van der Waals surface area contributed by atoms with Crippen LogP contribution >= 0.6 is 0 Å². The molecule has 0 aromatic carbocycles. The third-order valence-corrected chi connectivity index (χ3v) is 0.921. The van der Waals surface area contributed by atoms with Gasteiger partial charge in [0.1, 0.15) is 6.10 Å². The predicted octanol–water partition coefficient (Wildman–Crippen LogP) is 0.138. The molecule has 0 saturated carbocycles. The van der Waals surface area contributed by atoms with E-state index in [9.17, 15) is 0 Å². The number of aliphatic hydroxyl groups is 3. The van der Waals surface area contributed by atoms with Gasteiger partial charge >= 0.3 is 0 Å². The summed E-state index contributed by atoms with van der Waals surface area (Å²) in [5.41, 5.74) is 0. The van der Waals surface area contributed by atoms with Gasteiger partial charge in [0, 0.05) is 0 Å². The lowest BCUT2D eigenvalue weighted by atomic mass is 10.4. The average molecular weight is 150 g/mol. The van der Waals surface area contributed by atoms with Gasteiger partial charge in [-0.15, -0.1) is 0 Å². The highest BCUT2D eigenvalue weighted by Gasteiger charge is 1.93. The van der Waals surface area contributed by atoms with E-state index in [2.05, 4.69) is 13.8 Å². The number of hydrogen-bond acceptors (Lipinski definition) is 3. The minimum atomic E-state index is -0.954. The lowest BCUT2D eigenvalue weighted by Gasteiger charge is -1.96. The Hall–Kier alpha value is -0.120. The van der Waals surface area contributed by atoms with Crippen molar-refractivity contribution in [2.24, 2.45) is 0 Å². The van der Waals surface area contributed by atoms with Crippen LogP contribution in [0, 0.1) is 0 Å². The van der Waals surface area contributed by atoms with Crippen LogP contribution in [-0.2, 0) is 0 Å². The normalized spacial score (nSPS) is 9.00. The standard InChI is InChI=1S/C4H10.C3H8O3/c1-3-4-2;4-1-3(6)2-5/h3-4H2,1-2H3;3-6H,1-2H2. The largest absolute Gasteiger partial charge is 0.394 e. The third-order valence-electron chi connectivity index (χ3n) is 0.921. The van der Waals surface area contributed by atoms with Crippen molar-refractivity contribution in [1.82, 2.24) is 0 Å². The van der Waals surface area contributed by atoms with Crippen molar-refractivity contribution >= 4 is 0 Å². The Labute approximate surface area is 62.3 Å². The van der Waals surface area contributed by atoms with Crippen LogP contribution in [0.5, 0.6) is 0 Å². The quantitative estimate of drug-likeness (QED) is 0.536. The molecule has 0 saturated heterocycles. The molecule has 3 heteroatoms. The minimum absolute atomic E-state index is 0.365. The first-order chi connectivity index (χ1) is 4.72. The highest BCUT2D eigenvalue weighted by Crippen LogP contribution is 1.76. The average Bonchev–Trinajstić information content (AvgIpc) is 2.03. The number of unbranched alkanes of at least 4 members (excludes halogenated alkanes) is 1. The molecule has 0 fully saturated rings. The molecule has 64 valence electrons. The van der Waals surface area contributed by atoms with Crippen molar-refractivity contribution < 1.29 is 15.3 Å². The molecule has 0 spiro atoms. The van der Waals surface area contributed by atoms with Gasteiger partial charge in [0.15, 0.2) is 0 Å².